The Kier molecular flexibility index (Phi) is 6.07. The number of hydrogen-bond donors (Lipinski definition) is 1. The van der Waals surface area contributed by atoms with Crippen molar-refractivity contribution in [2.75, 3.05) is 6.61 Å². The predicted octanol–water partition coefficient (Wildman–Crippen LogP) is 3.52. The molecule has 0 radical (unpaired) electrons. The number of amides is 1. The minimum atomic E-state index is -0.262. The predicted molar refractivity (Wildman–Crippen MR) is 124 cm³/mol. The maximum Gasteiger partial charge on any atom is 0.252 e. The summed E-state index contributed by atoms with van der Waals surface area (Å²) in [7, 11) is 0. The van der Waals surface area contributed by atoms with Crippen molar-refractivity contribution < 1.29 is 9.53 Å². The van der Waals surface area contributed by atoms with Gasteiger partial charge in [0.05, 0.1) is 18.0 Å². The lowest BCUT2D eigenvalue weighted by molar-refractivity contribution is -0.121. The highest BCUT2D eigenvalue weighted by molar-refractivity contribution is 5.85. The quantitative estimate of drug-likeness (QED) is 0.487. The van der Waals surface area contributed by atoms with Crippen LogP contribution in [-0.4, -0.2) is 26.9 Å². The second-order valence-corrected chi connectivity index (χ2v) is 7.60. The lowest BCUT2D eigenvalue weighted by Gasteiger charge is -2.14. The van der Waals surface area contributed by atoms with Gasteiger partial charge in [-0.15, -0.1) is 0 Å². The van der Waals surface area contributed by atoms with Gasteiger partial charge < -0.3 is 10.1 Å². The Morgan fingerprint density at radius 2 is 1.78 bits per heavy atom. The zero-order valence-corrected chi connectivity index (χ0v) is 18.5. The number of benzene rings is 2. The Labute approximate surface area is 186 Å². The molecule has 1 amide bonds. The summed E-state index contributed by atoms with van der Waals surface area (Å²) in [4.78, 5) is 25.8. The summed E-state index contributed by atoms with van der Waals surface area (Å²) in [5.74, 6) is 0.477. The van der Waals surface area contributed by atoms with Gasteiger partial charge in [-0.2, -0.15) is 5.10 Å². The number of carbonyl (C=O) groups is 1. The highest BCUT2D eigenvalue weighted by atomic mass is 16.5. The van der Waals surface area contributed by atoms with Crippen molar-refractivity contribution >= 4 is 16.9 Å². The molecule has 7 nitrogen and oxygen atoms in total. The molecule has 4 rings (SSSR count). The third-order valence-electron chi connectivity index (χ3n) is 5.34. The molecule has 2 aromatic heterocycles. The maximum atomic E-state index is 12.9. The number of rotatable bonds is 7. The first-order valence-electron chi connectivity index (χ1n) is 10.6. The Balaban J connectivity index is 1.67. The topological polar surface area (TPSA) is 78.2 Å². The van der Waals surface area contributed by atoms with E-state index in [2.05, 4.69) is 10.4 Å². The Morgan fingerprint density at radius 1 is 1.06 bits per heavy atom. The van der Waals surface area contributed by atoms with Crippen molar-refractivity contribution in [1.82, 2.24) is 19.7 Å². The summed E-state index contributed by atoms with van der Waals surface area (Å²) in [6, 6.07) is 18.7. The monoisotopic (exact) mass is 430 g/mol. The second-order valence-electron chi connectivity index (χ2n) is 7.60. The smallest absolute Gasteiger partial charge is 0.252 e. The minimum absolute atomic E-state index is 0.107. The van der Waals surface area contributed by atoms with Crippen molar-refractivity contribution in [1.29, 1.82) is 0 Å². The Bertz CT molecular complexity index is 1320. The van der Waals surface area contributed by atoms with Crippen molar-refractivity contribution in [3.63, 3.8) is 0 Å². The van der Waals surface area contributed by atoms with Crippen LogP contribution in [0.1, 0.15) is 23.7 Å². The number of carbonyl (C=O) groups excluding carboxylic acids is 1. The molecule has 0 aliphatic heterocycles. The third kappa shape index (κ3) is 4.14. The number of nitrogens with zero attached hydrogens (tertiary/aromatic N) is 3. The standard InChI is InChI=1S/C25H26N4O3/c1-4-32-21-13-9-8-10-19(21)15-26-22(30)16-28-23(31)14-17(2)24-18(3)27-29(25(24)28)20-11-6-5-7-12-20/h5-14H,4,15-16H2,1-3H3,(H,26,30). The van der Waals surface area contributed by atoms with Gasteiger partial charge in [0.15, 0.2) is 0 Å². The zero-order chi connectivity index (χ0) is 22.7. The third-order valence-corrected chi connectivity index (χ3v) is 5.34. The van der Waals surface area contributed by atoms with Crippen LogP contribution in [0.25, 0.3) is 16.7 Å². The van der Waals surface area contributed by atoms with Gasteiger partial charge in [0.25, 0.3) is 5.56 Å². The van der Waals surface area contributed by atoms with E-state index >= 15 is 0 Å². The number of hydrogen-bond acceptors (Lipinski definition) is 4. The minimum Gasteiger partial charge on any atom is -0.494 e. The average Bonchev–Trinajstić information content (AvgIpc) is 3.14. The van der Waals surface area contributed by atoms with E-state index < -0.39 is 0 Å². The van der Waals surface area contributed by atoms with E-state index in [-0.39, 0.29) is 18.0 Å². The molecule has 1 N–H and O–H groups in total. The summed E-state index contributed by atoms with van der Waals surface area (Å²) in [6.45, 7) is 6.48. The molecule has 0 fully saturated rings. The van der Waals surface area contributed by atoms with Gasteiger partial charge in [0.1, 0.15) is 17.9 Å². The van der Waals surface area contributed by atoms with Crippen LogP contribution in [0.3, 0.4) is 0 Å². The highest BCUT2D eigenvalue weighted by Crippen LogP contribution is 2.24. The summed E-state index contributed by atoms with van der Waals surface area (Å²) in [6.07, 6.45) is 0. The first-order chi connectivity index (χ1) is 15.5. The van der Waals surface area contributed by atoms with Gasteiger partial charge in [-0.25, -0.2) is 4.68 Å². The molecule has 0 unspecified atom stereocenters. The van der Waals surface area contributed by atoms with Crippen molar-refractivity contribution in [2.45, 2.75) is 33.9 Å². The normalized spacial score (nSPS) is 11.0. The molecule has 4 aromatic rings. The van der Waals surface area contributed by atoms with Gasteiger partial charge in [-0.05, 0) is 44.5 Å². The molecule has 0 aliphatic rings. The Hall–Kier alpha value is -3.87. The van der Waals surface area contributed by atoms with Crippen LogP contribution in [0.2, 0.25) is 0 Å². The van der Waals surface area contributed by atoms with E-state index in [0.29, 0.717) is 18.8 Å². The van der Waals surface area contributed by atoms with Crippen molar-refractivity contribution in [3.05, 3.63) is 87.8 Å². The number of fused-ring (bicyclic) bond motifs is 1. The molecule has 0 saturated carbocycles. The number of para-hydroxylation sites is 2. The zero-order valence-electron chi connectivity index (χ0n) is 18.5. The number of pyridine rings is 1. The van der Waals surface area contributed by atoms with Crippen molar-refractivity contribution in [2.24, 2.45) is 0 Å². The van der Waals surface area contributed by atoms with Crippen LogP contribution < -0.4 is 15.6 Å². The molecular weight excluding hydrogens is 404 g/mol. The van der Waals surface area contributed by atoms with Gasteiger partial charge >= 0.3 is 0 Å². The van der Waals surface area contributed by atoms with Crippen LogP contribution in [0.4, 0.5) is 0 Å². The molecular formula is C25H26N4O3. The molecule has 0 atom stereocenters. The SMILES string of the molecule is CCOc1ccccc1CNC(=O)Cn1c(=O)cc(C)c2c(C)nn(-c3ccccc3)c21. The van der Waals surface area contributed by atoms with E-state index in [9.17, 15) is 9.59 Å². The summed E-state index contributed by atoms with van der Waals surface area (Å²) < 4.78 is 8.84. The average molecular weight is 431 g/mol. The van der Waals surface area contributed by atoms with Gasteiger partial charge in [-0.1, -0.05) is 36.4 Å². The largest absolute Gasteiger partial charge is 0.494 e. The Morgan fingerprint density at radius 3 is 2.53 bits per heavy atom. The van der Waals surface area contributed by atoms with E-state index in [0.717, 1.165) is 33.6 Å². The van der Waals surface area contributed by atoms with E-state index in [1.807, 2.05) is 75.4 Å². The fraction of sp³-hybridized carbons (Fsp3) is 0.240. The number of aromatic nitrogens is 3. The molecule has 2 heterocycles. The lowest BCUT2D eigenvalue weighted by Crippen LogP contribution is -2.33. The van der Waals surface area contributed by atoms with E-state index in [1.165, 1.54) is 4.57 Å². The van der Waals surface area contributed by atoms with Gasteiger partial charge in [0, 0.05) is 23.6 Å². The molecule has 0 saturated heterocycles. The van der Waals surface area contributed by atoms with Crippen LogP contribution in [0, 0.1) is 13.8 Å². The highest BCUT2D eigenvalue weighted by Gasteiger charge is 2.18. The molecule has 0 aliphatic carbocycles. The lowest BCUT2D eigenvalue weighted by atomic mass is 10.1. The number of ether oxygens (including phenoxy) is 1. The molecule has 164 valence electrons. The summed E-state index contributed by atoms with van der Waals surface area (Å²) >= 11 is 0. The fourth-order valence-corrected chi connectivity index (χ4v) is 3.91. The second kappa shape index (κ2) is 9.09. The molecule has 32 heavy (non-hydrogen) atoms. The maximum absolute atomic E-state index is 12.9. The summed E-state index contributed by atoms with van der Waals surface area (Å²) in [5.41, 5.74) is 3.73. The molecule has 7 heteroatoms. The molecule has 0 spiro atoms. The van der Waals surface area contributed by atoms with Crippen LogP contribution in [0.5, 0.6) is 5.75 Å². The van der Waals surface area contributed by atoms with E-state index in [1.54, 1.807) is 10.7 Å². The van der Waals surface area contributed by atoms with Crippen molar-refractivity contribution in [3.8, 4) is 11.4 Å². The van der Waals surface area contributed by atoms with Crippen LogP contribution in [0.15, 0.2) is 65.5 Å². The molecule has 0 bridgehead atoms. The molecule has 2 aromatic carbocycles. The first kappa shape index (κ1) is 21.4. The fourth-order valence-electron chi connectivity index (χ4n) is 3.91. The van der Waals surface area contributed by atoms with Crippen LogP contribution >= 0.6 is 0 Å². The summed E-state index contributed by atoms with van der Waals surface area (Å²) in [5, 5.41) is 8.45. The van der Waals surface area contributed by atoms with Gasteiger partial charge in [-0.3, -0.25) is 14.2 Å². The van der Waals surface area contributed by atoms with Gasteiger partial charge in [0.2, 0.25) is 5.91 Å². The first-order valence-corrected chi connectivity index (χ1v) is 10.6. The number of aryl methyl sites for hydroxylation is 2. The van der Waals surface area contributed by atoms with Crippen LogP contribution in [-0.2, 0) is 17.9 Å². The number of nitrogens with one attached hydrogen (secondary N) is 1. The van der Waals surface area contributed by atoms with E-state index in [4.69, 9.17) is 4.74 Å².